The number of ether oxygens (including phenoxy) is 1. The van der Waals surface area contributed by atoms with Crippen LogP contribution in [0.4, 0.5) is 11.4 Å². The van der Waals surface area contributed by atoms with E-state index in [1.807, 2.05) is 0 Å². The smallest absolute Gasteiger partial charge is 0.338 e. The topological polar surface area (TPSA) is 92.8 Å². The summed E-state index contributed by atoms with van der Waals surface area (Å²) in [6.07, 6.45) is 0.618. The fraction of sp³-hybridized carbons (Fsp3) is 0.263. The molecule has 2 aromatic rings. The summed E-state index contributed by atoms with van der Waals surface area (Å²) in [6.45, 7) is 4.03. The number of nitrogens with zero attached hydrogens (tertiary/aromatic N) is 1. The summed E-state index contributed by atoms with van der Waals surface area (Å²) in [5.41, 5.74) is 2.27. The van der Waals surface area contributed by atoms with Crippen molar-refractivity contribution in [3.05, 3.63) is 53.6 Å². The van der Waals surface area contributed by atoms with Crippen LogP contribution < -0.4 is 9.62 Å². The molecule has 1 amide bonds. The van der Waals surface area contributed by atoms with Crippen molar-refractivity contribution in [1.82, 2.24) is 0 Å². The van der Waals surface area contributed by atoms with E-state index in [-0.39, 0.29) is 17.4 Å². The van der Waals surface area contributed by atoms with Gasteiger partial charge in [-0.1, -0.05) is 0 Å². The van der Waals surface area contributed by atoms with E-state index in [4.69, 9.17) is 4.74 Å². The first-order chi connectivity index (χ1) is 12.8. The van der Waals surface area contributed by atoms with E-state index in [1.54, 1.807) is 24.0 Å². The first-order valence-corrected chi connectivity index (χ1v) is 10.0. The Kier molecular flexibility index (Phi) is 5.18. The zero-order valence-electron chi connectivity index (χ0n) is 15.1. The molecule has 0 aliphatic carbocycles. The number of rotatable bonds is 5. The minimum absolute atomic E-state index is 0.0656. The zero-order valence-corrected chi connectivity index (χ0v) is 15.9. The highest BCUT2D eigenvalue weighted by atomic mass is 32.2. The van der Waals surface area contributed by atoms with E-state index in [2.05, 4.69) is 4.72 Å². The highest BCUT2D eigenvalue weighted by molar-refractivity contribution is 7.92. The summed E-state index contributed by atoms with van der Waals surface area (Å²) >= 11 is 0. The summed E-state index contributed by atoms with van der Waals surface area (Å²) in [6, 6.07) is 10.8. The third-order valence-corrected chi connectivity index (χ3v) is 5.66. The van der Waals surface area contributed by atoms with Crippen molar-refractivity contribution >= 4 is 33.3 Å². The molecule has 0 saturated heterocycles. The van der Waals surface area contributed by atoms with E-state index in [0.717, 1.165) is 11.3 Å². The molecular weight excluding hydrogens is 368 g/mol. The third kappa shape index (κ3) is 3.95. The van der Waals surface area contributed by atoms with Crippen LogP contribution in [0.25, 0.3) is 0 Å². The largest absolute Gasteiger partial charge is 0.462 e. The molecule has 1 N–H and O–H groups in total. The summed E-state index contributed by atoms with van der Waals surface area (Å²) < 4.78 is 32.7. The van der Waals surface area contributed by atoms with Gasteiger partial charge in [-0.2, -0.15) is 0 Å². The number of benzene rings is 2. The molecule has 0 saturated carbocycles. The first kappa shape index (κ1) is 18.9. The molecule has 1 aliphatic rings. The third-order valence-electron chi connectivity index (χ3n) is 4.29. The van der Waals surface area contributed by atoms with Crippen molar-refractivity contribution < 1.29 is 22.7 Å². The summed E-state index contributed by atoms with van der Waals surface area (Å²) in [7, 11) is -3.79. The van der Waals surface area contributed by atoms with Crippen LogP contribution in [-0.4, -0.2) is 33.4 Å². The summed E-state index contributed by atoms with van der Waals surface area (Å²) in [4.78, 5) is 25.0. The van der Waals surface area contributed by atoms with E-state index in [0.29, 0.717) is 24.2 Å². The number of sulfonamides is 1. The van der Waals surface area contributed by atoms with Gasteiger partial charge in [0.25, 0.3) is 10.0 Å². The SMILES string of the molecule is CCOC(=O)c1ccc(NS(=O)(=O)c2ccc3c(c2)CCN3C(C)=O)cc1. The van der Waals surface area contributed by atoms with Gasteiger partial charge in [0.15, 0.2) is 0 Å². The Hall–Kier alpha value is -2.87. The highest BCUT2D eigenvalue weighted by Gasteiger charge is 2.24. The molecule has 27 heavy (non-hydrogen) atoms. The Morgan fingerprint density at radius 1 is 1.15 bits per heavy atom. The Balaban J connectivity index is 1.79. The van der Waals surface area contributed by atoms with Gasteiger partial charge in [0.2, 0.25) is 5.91 Å². The van der Waals surface area contributed by atoms with Crippen LogP contribution in [0.1, 0.15) is 29.8 Å². The van der Waals surface area contributed by atoms with E-state index >= 15 is 0 Å². The molecule has 0 spiro atoms. The number of hydrogen-bond donors (Lipinski definition) is 1. The Morgan fingerprint density at radius 2 is 1.85 bits per heavy atom. The second kappa shape index (κ2) is 7.40. The number of carbonyl (C=O) groups is 2. The van der Waals surface area contributed by atoms with Gasteiger partial charge in [0.05, 0.1) is 17.1 Å². The van der Waals surface area contributed by atoms with Gasteiger partial charge >= 0.3 is 5.97 Å². The molecule has 0 bridgehead atoms. The summed E-state index contributed by atoms with van der Waals surface area (Å²) in [5, 5.41) is 0. The molecule has 1 heterocycles. The van der Waals surface area contributed by atoms with Crippen molar-refractivity contribution in [3.63, 3.8) is 0 Å². The average molecular weight is 388 g/mol. The van der Waals surface area contributed by atoms with Crippen LogP contribution in [0.5, 0.6) is 0 Å². The molecule has 3 rings (SSSR count). The van der Waals surface area contributed by atoms with Crippen molar-refractivity contribution in [2.45, 2.75) is 25.2 Å². The molecule has 2 aromatic carbocycles. The lowest BCUT2D eigenvalue weighted by molar-refractivity contribution is -0.116. The molecule has 7 nitrogen and oxygen atoms in total. The van der Waals surface area contributed by atoms with Crippen molar-refractivity contribution in [1.29, 1.82) is 0 Å². The number of carbonyl (C=O) groups excluding carboxylic acids is 2. The normalized spacial score (nSPS) is 13.2. The number of fused-ring (bicyclic) bond motifs is 1. The quantitative estimate of drug-likeness (QED) is 0.795. The second-order valence-electron chi connectivity index (χ2n) is 6.11. The standard InChI is InChI=1S/C19H20N2O5S/c1-3-26-19(23)14-4-6-16(7-5-14)20-27(24,25)17-8-9-18-15(12-17)10-11-21(18)13(2)22/h4-9,12,20H,3,10-11H2,1-2H3. The zero-order chi connectivity index (χ0) is 19.6. The van der Waals surface area contributed by atoms with Gasteiger partial charge in [-0.15, -0.1) is 0 Å². The minimum atomic E-state index is -3.79. The maximum absolute atomic E-state index is 12.7. The molecule has 0 unspecified atom stereocenters. The van der Waals surface area contributed by atoms with E-state index < -0.39 is 16.0 Å². The number of hydrogen-bond acceptors (Lipinski definition) is 5. The van der Waals surface area contributed by atoms with Crippen LogP contribution in [0.3, 0.4) is 0 Å². The van der Waals surface area contributed by atoms with Crippen LogP contribution in [-0.2, 0) is 26.0 Å². The number of amides is 1. The predicted molar refractivity (Wildman–Crippen MR) is 101 cm³/mol. The van der Waals surface area contributed by atoms with E-state index in [1.165, 1.54) is 37.3 Å². The lowest BCUT2D eigenvalue weighted by Crippen LogP contribution is -2.25. The fourth-order valence-corrected chi connectivity index (χ4v) is 4.08. The monoisotopic (exact) mass is 388 g/mol. The highest BCUT2D eigenvalue weighted by Crippen LogP contribution is 2.30. The van der Waals surface area contributed by atoms with Gasteiger partial charge < -0.3 is 9.64 Å². The van der Waals surface area contributed by atoms with Gasteiger partial charge in [-0.3, -0.25) is 9.52 Å². The second-order valence-corrected chi connectivity index (χ2v) is 7.80. The van der Waals surface area contributed by atoms with Crippen molar-refractivity contribution in [2.24, 2.45) is 0 Å². The van der Waals surface area contributed by atoms with Crippen LogP contribution in [0.2, 0.25) is 0 Å². The molecule has 142 valence electrons. The molecule has 0 fully saturated rings. The fourth-order valence-electron chi connectivity index (χ4n) is 2.98. The molecule has 8 heteroatoms. The number of esters is 1. The lowest BCUT2D eigenvalue weighted by Gasteiger charge is -2.15. The number of nitrogens with one attached hydrogen (secondary N) is 1. The Labute approximate surface area is 158 Å². The number of anilines is 2. The maximum Gasteiger partial charge on any atom is 0.338 e. The van der Waals surface area contributed by atoms with Gasteiger partial charge in [0.1, 0.15) is 0 Å². The van der Waals surface area contributed by atoms with Gasteiger partial charge in [-0.05, 0) is 61.4 Å². The van der Waals surface area contributed by atoms with E-state index in [9.17, 15) is 18.0 Å². The maximum atomic E-state index is 12.7. The van der Waals surface area contributed by atoms with Gasteiger partial charge in [0, 0.05) is 24.8 Å². The lowest BCUT2D eigenvalue weighted by atomic mass is 10.2. The van der Waals surface area contributed by atoms with Crippen LogP contribution in [0, 0.1) is 0 Å². The molecule has 0 radical (unpaired) electrons. The Bertz CT molecular complexity index is 984. The predicted octanol–water partition coefficient (Wildman–Crippen LogP) is 2.57. The molecular formula is C19H20N2O5S. The van der Waals surface area contributed by atoms with Gasteiger partial charge in [-0.25, -0.2) is 13.2 Å². The molecule has 1 aliphatic heterocycles. The molecule has 0 atom stereocenters. The van der Waals surface area contributed by atoms with Crippen LogP contribution >= 0.6 is 0 Å². The van der Waals surface area contributed by atoms with Crippen molar-refractivity contribution in [3.8, 4) is 0 Å². The van der Waals surface area contributed by atoms with Crippen LogP contribution in [0.15, 0.2) is 47.4 Å². The summed E-state index contributed by atoms with van der Waals surface area (Å²) in [5.74, 6) is -0.523. The molecule has 0 aromatic heterocycles. The minimum Gasteiger partial charge on any atom is -0.462 e. The average Bonchev–Trinajstić information content (AvgIpc) is 3.05. The Morgan fingerprint density at radius 3 is 2.48 bits per heavy atom. The first-order valence-electron chi connectivity index (χ1n) is 8.53. The van der Waals surface area contributed by atoms with Crippen molar-refractivity contribution in [2.75, 3.05) is 22.8 Å².